The summed E-state index contributed by atoms with van der Waals surface area (Å²) in [4.78, 5) is 22.1. The Labute approximate surface area is 206 Å². The number of aliphatic imine (C=N–C) groups is 1. The fourth-order valence-electron chi connectivity index (χ4n) is 4.56. The van der Waals surface area contributed by atoms with E-state index in [1.807, 2.05) is 59.5 Å². The van der Waals surface area contributed by atoms with Crippen LogP contribution in [0.4, 0.5) is 10.5 Å². The lowest BCUT2D eigenvalue weighted by Crippen LogP contribution is -2.42. The van der Waals surface area contributed by atoms with Gasteiger partial charge in [-0.25, -0.2) is 9.79 Å². The first-order valence-corrected chi connectivity index (χ1v) is 12.0. The number of ether oxygens (including phenoxy) is 2. The molecule has 0 saturated carbocycles. The number of hydrogen-bond acceptors (Lipinski definition) is 5. The number of carbonyl (C=O) groups is 1. The Morgan fingerprint density at radius 2 is 1.89 bits per heavy atom. The molecule has 1 N–H and O–H groups in total. The molecule has 5 rings (SSSR count). The van der Waals surface area contributed by atoms with Gasteiger partial charge in [-0.1, -0.05) is 48.0 Å². The van der Waals surface area contributed by atoms with Gasteiger partial charge in [-0.3, -0.25) is 0 Å². The van der Waals surface area contributed by atoms with E-state index in [4.69, 9.17) is 14.5 Å². The molecule has 0 bridgehead atoms. The van der Waals surface area contributed by atoms with Crippen molar-refractivity contribution in [1.82, 2.24) is 15.1 Å². The molecule has 0 aliphatic carbocycles. The van der Waals surface area contributed by atoms with Gasteiger partial charge < -0.3 is 24.6 Å². The summed E-state index contributed by atoms with van der Waals surface area (Å²) >= 11 is 0. The van der Waals surface area contributed by atoms with Crippen LogP contribution in [-0.4, -0.2) is 55.0 Å². The number of carbonyl (C=O) groups excluding carboxylic acids is 1. The van der Waals surface area contributed by atoms with E-state index < -0.39 is 0 Å². The van der Waals surface area contributed by atoms with Crippen LogP contribution >= 0.6 is 0 Å². The largest absolute Gasteiger partial charge is 0.493 e. The van der Waals surface area contributed by atoms with Crippen LogP contribution in [0.1, 0.15) is 23.1 Å². The van der Waals surface area contributed by atoms with Gasteiger partial charge in [0.05, 0.1) is 12.7 Å². The number of fused-ring (bicyclic) bond motifs is 2. The summed E-state index contributed by atoms with van der Waals surface area (Å²) in [6.45, 7) is 5.35. The van der Waals surface area contributed by atoms with Crippen molar-refractivity contribution >= 4 is 17.6 Å². The van der Waals surface area contributed by atoms with Crippen LogP contribution in [0.15, 0.2) is 71.7 Å². The highest BCUT2D eigenvalue weighted by atomic mass is 16.5. The average molecular weight is 471 g/mol. The number of hydrogen-bond donors (Lipinski definition) is 1. The van der Waals surface area contributed by atoms with Crippen LogP contribution in [0, 0.1) is 6.92 Å². The molecular formula is C28H30N4O3. The van der Waals surface area contributed by atoms with Crippen LogP contribution in [0.25, 0.3) is 0 Å². The highest BCUT2D eigenvalue weighted by Crippen LogP contribution is 2.42. The SMILES string of the molecule is COc1cccc2c1Oc1ccccc1N=C2N1CCCN(C(=O)NCc2cccc(C)c2)CC1. The molecule has 7 heteroatoms. The molecule has 0 radical (unpaired) electrons. The second-order valence-corrected chi connectivity index (χ2v) is 8.82. The van der Waals surface area contributed by atoms with E-state index in [2.05, 4.69) is 29.3 Å². The summed E-state index contributed by atoms with van der Waals surface area (Å²) in [5.41, 5.74) is 3.95. The molecule has 2 heterocycles. The van der Waals surface area contributed by atoms with Gasteiger partial charge in [-0.15, -0.1) is 0 Å². The minimum atomic E-state index is -0.0353. The fourth-order valence-corrected chi connectivity index (χ4v) is 4.56. The molecule has 2 aliphatic heterocycles. The van der Waals surface area contributed by atoms with Crippen LogP contribution in [0.2, 0.25) is 0 Å². The molecule has 7 nitrogen and oxygen atoms in total. The topological polar surface area (TPSA) is 66.4 Å². The van der Waals surface area contributed by atoms with E-state index in [9.17, 15) is 4.79 Å². The average Bonchev–Trinajstić information content (AvgIpc) is 3.22. The number of amides is 2. The Bertz CT molecular complexity index is 1260. The van der Waals surface area contributed by atoms with Gasteiger partial charge in [-0.05, 0) is 43.2 Å². The first kappa shape index (κ1) is 22.8. The van der Waals surface area contributed by atoms with Gasteiger partial charge in [0.1, 0.15) is 11.5 Å². The Morgan fingerprint density at radius 3 is 2.74 bits per heavy atom. The second kappa shape index (κ2) is 10.1. The Balaban J connectivity index is 1.35. The van der Waals surface area contributed by atoms with Crippen LogP contribution in [-0.2, 0) is 6.54 Å². The van der Waals surface area contributed by atoms with Gasteiger partial charge in [0, 0.05) is 32.7 Å². The zero-order valence-corrected chi connectivity index (χ0v) is 20.2. The summed E-state index contributed by atoms with van der Waals surface area (Å²) in [5, 5.41) is 3.07. The highest BCUT2D eigenvalue weighted by molar-refractivity contribution is 6.04. The van der Waals surface area contributed by atoms with E-state index >= 15 is 0 Å². The van der Waals surface area contributed by atoms with Crippen molar-refractivity contribution in [3.05, 3.63) is 83.4 Å². The van der Waals surface area contributed by atoms with Gasteiger partial charge in [0.25, 0.3) is 0 Å². The van der Waals surface area contributed by atoms with E-state index in [1.165, 1.54) is 5.56 Å². The molecule has 2 amide bonds. The monoisotopic (exact) mass is 470 g/mol. The summed E-state index contributed by atoms with van der Waals surface area (Å²) in [6, 6.07) is 21.8. The number of nitrogens with one attached hydrogen (secondary N) is 1. The lowest BCUT2D eigenvalue weighted by molar-refractivity contribution is 0.200. The maximum Gasteiger partial charge on any atom is 0.317 e. The molecule has 0 atom stereocenters. The first-order valence-electron chi connectivity index (χ1n) is 12.0. The summed E-state index contributed by atoms with van der Waals surface area (Å²) in [7, 11) is 1.64. The van der Waals surface area contributed by atoms with Crippen molar-refractivity contribution in [3.8, 4) is 17.2 Å². The normalized spacial score (nSPS) is 15.1. The van der Waals surface area contributed by atoms with Crippen molar-refractivity contribution in [2.24, 2.45) is 4.99 Å². The van der Waals surface area contributed by atoms with Crippen molar-refractivity contribution in [1.29, 1.82) is 0 Å². The van der Waals surface area contributed by atoms with Gasteiger partial charge in [-0.2, -0.15) is 0 Å². The van der Waals surface area contributed by atoms with E-state index in [-0.39, 0.29) is 6.03 Å². The minimum Gasteiger partial charge on any atom is -0.493 e. The van der Waals surface area contributed by atoms with Crippen LogP contribution < -0.4 is 14.8 Å². The summed E-state index contributed by atoms with van der Waals surface area (Å²) in [6.07, 6.45) is 0.846. The molecule has 35 heavy (non-hydrogen) atoms. The van der Waals surface area contributed by atoms with Gasteiger partial charge in [0.2, 0.25) is 0 Å². The number of nitrogens with zero attached hydrogens (tertiary/aromatic N) is 3. The van der Waals surface area contributed by atoms with Crippen LogP contribution in [0.3, 0.4) is 0 Å². The predicted octanol–water partition coefficient (Wildman–Crippen LogP) is 5.11. The zero-order chi connectivity index (χ0) is 24.2. The van der Waals surface area contributed by atoms with Gasteiger partial charge >= 0.3 is 6.03 Å². The molecule has 0 spiro atoms. The van der Waals surface area contributed by atoms with Crippen LogP contribution in [0.5, 0.6) is 17.2 Å². The number of amidine groups is 1. The highest BCUT2D eigenvalue weighted by Gasteiger charge is 2.27. The first-order chi connectivity index (χ1) is 17.1. The number of aryl methyl sites for hydroxylation is 1. The van der Waals surface area contributed by atoms with E-state index in [0.29, 0.717) is 43.4 Å². The number of rotatable bonds is 3. The quantitative estimate of drug-likeness (QED) is 0.578. The number of benzene rings is 3. The van der Waals surface area contributed by atoms with Crippen molar-refractivity contribution in [2.75, 3.05) is 33.3 Å². The third-order valence-electron chi connectivity index (χ3n) is 6.35. The molecule has 0 aromatic heterocycles. The third-order valence-corrected chi connectivity index (χ3v) is 6.35. The smallest absolute Gasteiger partial charge is 0.317 e. The summed E-state index contributed by atoms with van der Waals surface area (Å²) < 4.78 is 11.9. The Kier molecular flexibility index (Phi) is 6.57. The second-order valence-electron chi connectivity index (χ2n) is 8.82. The molecule has 3 aromatic carbocycles. The molecule has 2 aliphatic rings. The lowest BCUT2D eigenvalue weighted by atomic mass is 10.1. The molecule has 1 fully saturated rings. The third kappa shape index (κ3) is 4.94. The molecular weight excluding hydrogens is 440 g/mol. The molecule has 180 valence electrons. The standard InChI is InChI=1S/C28H30N4O3/c1-20-8-5-9-21(18-20)19-29-28(33)32-15-7-14-31(16-17-32)27-22-10-6-13-25(34-2)26(22)35-24-12-4-3-11-23(24)30-27/h3-6,8-13,18H,7,14-17,19H2,1-2H3,(H,29,33). The minimum absolute atomic E-state index is 0.0353. The maximum atomic E-state index is 12.9. The maximum absolute atomic E-state index is 12.9. The fraction of sp³-hybridized carbons (Fsp3) is 0.286. The zero-order valence-electron chi connectivity index (χ0n) is 20.2. The molecule has 3 aromatic rings. The lowest BCUT2D eigenvalue weighted by Gasteiger charge is -2.25. The molecule has 1 saturated heterocycles. The van der Waals surface area contributed by atoms with Crippen molar-refractivity contribution in [2.45, 2.75) is 19.9 Å². The molecule has 0 unspecified atom stereocenters. The Morgan fingerprint density at radius 1 is 1.03 bits per heavy atom. The summed E-state index contributed by atoms with van der Waals surface area (Å²) in [5.74, 6) is 2.86. The van der Waals surface area contributed by atoms with Gasteiger partial charge in [0.15, 0.2) is 17.2 Å². The Hall–Kier alpha value is -4.00. The van der Waals surface area contributed by atoms with E-state index in [1.54, 1.807) is 7.11 Å². The predicted molar refractivity (Wildman–Crippen MR) is 137 cm³/mol. The number of urea groups is 1. The number of methoxy groups -OCH3 is 1. The van der Waals surface area contributed by atoms with Crippen molar-refractivity contribution in [3.63, 3.8) is 0 Å². The number of para-hydroxylation sites is 3. The van der Waals surface area contributed by atoms with Crippen molar-refractivity contribution < 1.29 is 14.3 Å². The van der Waals surface area contributed by atoms with E-state index in [0.717, 1.165) is 35.6 Å².